The zero-order valence-corrected chi connectivity index (χ0v) is 18.2. The molecule has 4 nitrogen and oxygen atoms in total. The summed E-state index contributed by atoms with van der Waals surface area (Å²) in [5, 5.41) is 7.14. The van der Waals surface area contributed by atoms with E-state index < -0.39 is 0 Å². The topological polar surface area (TPSA) is 50.4 Å². The van der Waals surface area contributed by atoms with Crippen LogP contribution in [0.4, 0.5) is 0 Å². The van der Waals surface area contributed by atoms with Crippen molar-refractivity contribution in [2.75, 3.05) is 13.2 Å². The van der Waals surface area contributed by atoms with Gasteiger partial charge in [0, 0.05) is 6.92 Å². The zero-order valence-electron chi connectivity index (χ0n) is 17.4. The molecule has 150 valence electrons. The SMILES string of the molecule is CC(=O)OCCNC(=S)NC(Cc1cc(C)cc(C)c1)c1cccc(C)c1C. The van der Waals surface area contributed by atoms with Crippen LogP contribution >= 0.6 is 12.2 Å². The molecule has 28 heavy (non-hydrogen) atoms. The molecule has 0 saturated carbocycles. The summed E-state index contributed by atoms with van der Waals surface area (Å²) in [6.45, 7) is 10.7. The standard InChI is InChI=1S/C23H30N2O2S/c1-15-11-16(2)13-20(12-15)14-22(21-8-6-7-17(3)18(21)4)25-23(28)24-9-10-27-19(5)26/h6-8,11-13,22H,9-10,14H2,1-5H3,(H2,24,25,28). The largest absolute Gasteiger partial charge is 0.464 e. The number of hydrogen-bond acceptors (Lipinski definition) is 3. The van der Waals surface area contributed by atoms with Gasteiger partial charge in [-0.3, -0.25) is 4.79 Å². The van der Waals surface area contributed by atoms with Crippen molar-refractivity contribution in [3.8, 4) is 0 Å². The first-order chi connectivity index (χ1) is 13.3. The number of rotatable bonds is 7. The predicted octanol–water partition coefficient (Wildman–Crippen LogP) is 4.23. The van der Waals surface area contributed by atoms with Crippen LogP contribution in [-0.4, -0.2) is 24.2 Å². The van der Waals surface area contributed by atoms with E-state index in [1.54, 1.807) is 0 Å². The van der Waals surface area contributed by atoms with Crippen LogP contribution in [0, 0.1) is 27.7 Å². The van der Waals surface area contributed by atoms with Crippen LogP contribution in [0.25, 0.3) is 0 Å². The van der Waals surface area contributed by atoms with E-state index in [-0.39, 0.29) is 12.0 Å². The lowest BCUT2D eigenvalue weighted by molar-refractivity contribution is -0.140. The van der Waals surface area contributed by atoms with Crippen molar-refractivity contribution in [3.63, 3.8) is 0 Å². The molecule has 5 heteroatoms. The van der Waals surface area contributed by atoms with E-state index in [4.69, 9.17) is 17.0 Å². The zero-order chi connectivity index (χ0) is 20.7. The van der Waals surface area contributed by atoms with E-state index in [9.17, 15) is 4.79 Å². The minimum absolute atomic E-state index is 0.0508. The Morgan fingerprint density at radius 1 is 1.11 bits per heavy atom. The predicted molar refractivity (Wildman–Crippen MR) is 119 cm³/mol. The van der Waals surface area contributed by atoms with E-state index in [1.807, 2.05) is 0 Å². The fourth-order valence-corrected chi connectivity index (χ4v) is 3.63. The normalized spacial score (nSPS) is 11.6. The highest BCUT2D eigenvalue weighted by atomic mass is 32.1. The Bertz CT molecular complexity index is 828. The highest BCUT2D eigenvalue weighted by Gasteiger charge is 2.17. The summed E-state index contributed by atoms with van der Waals surface area (Å²) in [5.41, 5.74) is 7.57. The molecule has 0 heterocycles. The van der Waals surface area contributed by atoms with Crippen LogP contribution in [0.2, 0.25) is 0 Å². The molecule has 0 saturated heterocycles. The number of hydrogen-bond donors (Lipinski definition) is 2. The highest BCUT2D eigenvalue weighted by Crippen LogP contribution is 2.25. The Labute approximate surface area is 173 Å². The van der Waals surface area contributed by atoms with Crippen LogP contribution < -0.4 is 10.6 Å². The number of carbonyl (C=O) groups is 1. The van der Waals surface area contributed by atoms with Gasteiger partial charge in [0.25, 0.3) is 0 Å². The first-order valence-electron chi connectivity index (χ1n) is 9.57. The van der Waals surface area contributed by atoms with Gasteiger partial charge in [-0.25, -0.2) is 0 Å². The molecule has 0 radical (unpaired) electrons. The molecule has 0 fully saturated rings. The van der Waals surface area contributed by atoms with Gasteiger partial charge in [0.2, 0.25) is 0 Å². The fraction of sp³-hybridized carbons (Fsp3) is 0.391. The maximum absolute atomic E-state index is 10.9. The molecular weight excluding hydrogens is 368 g/mol. The summed E-state index contributed by atoms with van der Waals surface area (Å²) in [7, 11) is 0. The number of thiocarbonyl (C=S) groups is 1. The third-order valence-electron chi connectivity index (χ3n) is 4.74. The average Bonchev–Trinajstić information content (AvgIpc) is 2.59. The minimum Gasteiger partial charge on any atom is -0.464 e. The summed E-state index contributed by atoms with van der Waals surface area (Å²) in [6, 6.07) is 13.1. The van der Waals surface area contributed by atoms with Crippen molar-refractivity contribution in [3.05, 3.63) is 69.8 Å². The summed E-state index contributed by atoms with van der Waals surface area (Å²) in [5.74, 6) is -0.288. The molecule has 0 spiro atoms. The quantitative estimate of drug-likeness (QED) is 0.415. The molecule has 1 atom stereocenters. The summed E-state index contributed by atoms with van der Waals surface area (Å²) < 4.78 is 4.95. The Morgan fingerprint density at radius 2 is 1.79 bits per heavy atom. The van der Waals surface area contributed by atoms with Crippen molar-refractivity contribution >= 4 is 23.3 Å². The minimum atomic E-state index is -0.288. The van der Waals surface area contributed by atoms with Gasteiger partial charge < -0.3 is 15.4 Å². The second-order valence-electron chi connectivity index (χ2n) is 7.28. The first-order valence-corrected chi connectivity index (χ1v) is 9.98. The van der Waals surface area contributed by atoms with Gasteiger partial charge in [0.1, 0.15) is 6.61 Å². The molecule has 0 aliphatic rings. The molecule has 1 unspecified atom stereocenters. The van der Waals surface area contributed by atoms with E-state index in [2.05, 4.69) is 74.7 Å². The Kier molecular flexibility index (Phi) is 8.00. The lowest BCUT2D eigenvalue weighted by Gasteiger charge is -2.24. The Hall–Kier alpha value is -2.40. The van der Waals surface area contributed by atoms with Crippen molar-refractivity contribution in [2.24, 2.45) is 0 Å². The van der Waals surface area contributed by atoms with Gasteiger partial charge >= 0.3 is 5.97 Å². The van der Waals surface area contributed by atoms with Gasteiger partial charge in [-0.05, 0) is 68.6 Å². The summed E-state index contributed by atoms with van der Waals surface area (Å²) >= 11 is 5.49. The molecule has 0 aliphatic carbocycles. The Morgan fingerprint density at radius 3 is 2.43 bits per heavy atom. The van der Waals surface area contributed by atoms with Gasteiger partial charge in [0.05, 0.1) is 12.6 Å². The number of aryl methyl sites for hydroxylation is 3. The molecule has 2 rings (SSSR count). The van der Waals surface area contributed by atoms with Crippen molar-refractivity contribution in [1.82, 2.24) is 10.6 Å². The number of benzene rings is 2. The van der Waals surface area contributed by atoms with Gasteiger partial charge in [-0.2, -0.15) is 0 Å². The first kappa shape index (κ1) is 21.9. The van der Waals surface area contributed by atoms with Crippen molar-refractivity contribution in [1.29, 1.82) is 0 Å². The second-order valence-corrected chi connectivity index (χ2v) is 7.69. The maximum atomic E-state index is 10.9. The monoisotopic (exact) mass is 398 g/mol. The molecular formula is C23H30N2O2S. The van der Waals surface area contributed by atoms with Crippen LogP contribution in [0.3, 0.4) is 0 Å². The number of nitrogens with one attached hydrogen (secondary N) is 2. The van der Waals surface area contributed by atoms with Crippen molar-refractivity contribution in [2.45, 2.75) is 47.1 Å². The van der Waals surface area contributed by atoms with Gasteiger partial charge in [-0.1, -0.05) is 47.5 Å². The number of ether oxygens (including phenoxy) is 1. The lowest BCUT2D eigenvalue weighted by atomic mass is 9.92. The smallest absolute Gasteiger partial charge is 0.302 e. The van der Waals surface area contributed by atoms with E-state index in [1.165, 1.54) is 40.3 Å². The van der Waals surface area contributed by atoms with E-state index >= 15 is 0 Å². The Balaban J connectivity index is 2.17. The summed E-state index contributed by atoms with van der Waals surface area (Å²) in [4.78, 5) is 10.9. The maximum Gasteiger partial charge on any atom is 0.302 e. The molecule has 0 bridgehead atoms. The van der Waals surface area contributed by atoms with Gasteiger partial charge in [-0.15, -0.1) is 0 Å². The average molecular weight is 399 g/mol. The fourth-order valence-electron chi connectivity index (χ4n) is 3.38. The molecule has 2 aromatic carbocycles. The molecule has 0 aromatic heterocycles. The third kappa shape index (κ3) is 6.64. The number of esters is 1. The van der Waals surface area contributed by atoms with Gasteiger partial charge in [0.15, 0.2) is 5.11 Å². The van der Waals surface area contributed by atoms with Crippen LogP contribution in [0.1, 0.15) is 46.3 Å². The van der Waals surface area contributed by atoms with E-state index in [0.29, 0.717) is 18.3 Å². The lowest BCUT2D eigenvalue weighted by Crippen LogP contribution is -2.40. The second kappa shape index (κ2) is 10.2. The van der Waals surface area contributed by atoms with Crippen molar-refractivity contribution < 1.29 is 9.53 Å². The molecule has 2 aromatic rings. The molecule has 0 amide bonds. The summed E-state index contributed by atoms with van der Waals surface area (Å²) in [6.07, 6.45) is 0.832. The van der Waals surface area contributed by atoms with E-state index in [0.717, 1.165) is 6.42 Å². The highest BCUT2D eigenvalue weighted by molar-refractivity contribution is 7.80. The van der Waals surface area contributed by atoms with Crippen LogP contribution in [0.5, 0.6) is 0 Å². The molecule has 2 N–H and O–H groups in total. The molecule has 0 aliphatic heterocycles. The van der Waals surface area contributed by atoms with Crippen LogP contribution in [-0.2, 0) is 16.0 Å². The third-order valence-corrected chi connectivity index (χ3v) is 5.00. The van der Waals surface area contributed by atoms with Crippen LogP contribution in [0.15, 0.2) is 36.4 Å². The number of carbonyl (C=O) groups excluding carboxylic acids is 1.